The van der Waals surface area contributed by atoms with E-state index in [1.165, 1.54) is 16.7 Å². The van der Waals surface area contributed by atoms with E-state index in [1.54, 1.807) is 6.07 Å². The van der Waals surface area contributed by atoms with Crippen molar-refractivity contribution in [3.05, 3.63) is 32.8 Å². The zero-order valence-electron chi connectivity index (χ0n) is 10.7. The topological polar surface area (TPSA) is 64.3 Å². The smallest absolute Gasteiger partial charge is 0.291 e. The molecule has 0 radical (unpaired) electrons. The highest BCUT2D eigenvalue weighted by Gasteiger charge is 2.21. The molecular weight excluding hydrogens is 504 g/mol. The summed E-state index contributed by atoms with van der Waals surface area (Å²) in [5.74, 6) is 0. The van der Waals surface area contributed by atoms with Crippen LogP contribution in [0.3, 0.4) is 0 Å². The average molecular weight is 508 g/mol. The Kier molecular flexibility index (Phi) is 4.51. The fourth-order valence-electron chi connectivity index (χ4n) is 1.94. The second kappa shape index (κ2) is 6.03. The van der Waals surface area contributed by atoms with Crippen molar-refractivity contribution in [1.82, 2.24) is 14.6 Å². The molecule has 3 aromatic rings. The molecule has 0 aliphatic heterocycles. The molecule has 0 aliphatic rings. The molecule has 0 spiro atoms. The number of fused-ring (bicyclic) bond motifs is 1. The predicted octanol–water partition coefficient (Wildman–Crippen LogP) is 4.89. The number of hydrogen-bond donors (Lipinski definition) is 0. The van der Waals surface area contributed by atoms with Gasteiger partial charge in [-0.3, -0.25) is 0 Å². The van der Waals surface area contributed by atoms with Gasteiger partial charge in [-0.2, -0.15) is 0 Å². The van der Waals surface area contributed by atoms with Gasteiger partial charge in [-0.25, -0.2) is 17.2 Å². The molecule has 3 rings (SSSR count). The highest BCUT2D eigenvalue weighted by atomic mass is 79.9. The van der Waals surface area contributed by atoms with Gasteiger partial charge in [0.05, 0.1) is 35.9 Å². The van der Waals surface area contributed by atoms with E-state index in [1.807, 2.05) is 0 Å². The molecule has 0 unspecified atom stereocenters. The third kappa shape index (κ3) is 3.16. The van der Waals surface area contributed by atoms with Crippen molar-refractivity contribution in [3.8, 4) is 10.7 Å². The van der Waals surface area contributed by atoms with Crippen LogP contribution in [0.15, 0.2) is 27.7 Å². The van der Waals surface area contributed by atoms with Gasteiger partial charge >= 0.3 is 0 Å². The Morgan fingerprint density at radius 2 is 2.00 bits per heavy atom. The molecule has 5 nitrogen and oxygen atoms in total. The summed E-state index contributed by atoms with van der Waals surface area (Å²) in [5, 5.41) is 7.16. The Hall–Kier alpha value is -0.620. The first-order valence-electron chi connectivity index (χ1n) is 5.75. The third-order valence-corrected chi connectivity index (χ3v) is 6.62. The summed E-state index contributed by atoms with van der Waals surface area (Å²) >= 11 is 12.8. The van der Waals surface area contributed by atoms with Crippen LogP contribution in [-0.2, 0) is 8.27 Å². The summed E-state index contributed by atoms with van der Waals surface area (Å²) in [6, 6.07) is 2.90. The van der Waals surface area contributed by atoms with Crippen molar-refractivity contribution in [2.24, 2.45) is 0 Å². The number of hydrogen-bond acceptors (Lipinski definition) is 5. The van der Waals surface area contributed by atoms with Crippen LogP contribution < -0.4 is 0 Å². The zero-order chi connectivity index (χ0) is 16.9. The number of alkyl halides is 2. The van der Waals surface area contributed by atoms with E-state index in [0.29, 0.717) is 15.7 Å². The molecule has 0 N–H and O–H groups in total. The number of nitrogens with zero attached hydrogens (tertiary/aromatic N) is 3. The van der Waals surface area contributed by atoms with Crippen LogP contribution in [0.4, 0.5) is 8.78 Å². The standard InChI is InChI=1S/C11H4Br2ClF2N3O2S2/c12-5-2-7(10-17-18-11(22-10)9(15)16)19-3-4(23(13,20)21)1-6(14)8(5)19/h1-3,9H. The molecule has 12 heteroatoms. The number of rotatable bonds is 3. The molecular formula is C11H4Br2ClF2N3O2S2. The van der Waals surface area contributed by atoms with E-state index in [-0.39, 0.29) is 14.9 Å². The normalized spacial score (nSPS) is 12.4. The monoisotopic (exact) mass is 505 g/mol. The molecule has 0 atom stereocenters. The molecule has 3 heterocycles. The second-order valence-corrected chi connectivity index (χ2v) is 10.5. The highest BCUT2D eigenvalue weighted by molar-refractivity contribution is 9.47. The second-order valence-electron chi connectivity index (χ2n) is 4.30. The first-order valence-corrected chi connectivity index (χ1v) is 11.1. The lowest BCUT2D eigenvalue weighted by atomic mass is 10.4. The summed E-state index contributed by atoms with van der Waals surface area (Å²) in [5.41, 5.74) is 0.895. The van der Waals surface area contributed by atoms with Crippen LogP contribution in [0.25, 0.3) is 16.2 Å². The highest BCUT2D eigenvalue weighted by Crippen LogP contribution is 2.37. The minimum absolute atomic E-state index is 0.0713. The van der Waals surface area contributed by atoms with Crippen molar-refractivity contribution in [2.45, 2.75) is 11.3 Å². The molecule has 0 saturated heterocycles. The van der Waals surface area contributed by atoms with Crippen molar-refractivity contribution in [3.63, 3.8) is 0 Å². The van der Waals surface area contributed by atoms with Crippen LogP contribution in [0.5, 0.6) is 0 Å². The van der Waals surface area contributed by atoms with Gasteiger partial charge in [-0.1, -0.05) is 22.9 Å². The Bertz CT molecular complexity index is 1020. The Balaban J connectivity index is 2.30. The van der Waals surface area contributed by atoms with Crippen LogP contribution in [0.1, 0.15) is 11.4 Å². The van der Waals surface area contributed by atoms with E-state index < -0.39 is 19.7 Å². The SMILES string of the molecule is O=S(=O)(Br)c1cc(Cl)c2c(Br)cc(-c3nnc(C(F)F)s3)n2c1. The van der Waals surface area contributed by atoms with Gasteiger partial charge in [0.25, 0.3) is 6.43 Å². The lowest BCUT2D eigenvalue weighted by Gasteiger charge is -2.05. The molecule has 0 bridgehead atoms. The fourth-order valence-corrected chi connectivity index (χ4v) is 4.78. The predicted molar refractivity (Wildman–Crippen MR) is 90.1 cm³/mol. The van der Waals surface area contributed by atoms with E-state index in [0.717, 1.165) is 11.3 Å². The van der Waals surface area contributed by atoms with E-state index in [2.05, 4.69) is 40.9 Å². The zero-order valence-corrected chi connectivity index (χ0v) is 16.2. The van der Waals surface area contributed by atoms with Gasteiger partial charge in [-0.05, 0) is 28.1 Å². The fraction of sp³-hybridized carbons (Fsp3) is 0.0909. The van der Waals surface area contributed by atoms with Crippen LogP contribution >= 0.6 is 53.7 Å². The molecule has 23 heavy (non-hydrogen) atoms. The van der Waals surface area contributed by atoms with Crippen molar-refractivity contribution >= 4 is 67.5 Å². The largest absolute Gasteiger partial charge is 0.310 e. The first-order chi connectivity index (χ1) is 10.7. The Morgan fingerprint density at radius 3 is 2.57 bits per heavy atom. The maximum Gasteiger partial charge on any atom is 0.291 e. The number of halogens is 5. The summed E-state index contributed by atoms with van der Waals surface area (Å²) in [4.78, 5) is -0.0713. The summed E-state index contributed by atoms with van der Waals surface area (Å²) in [7, 11) is -3.68. The van der Waals surface area contributed by atoms with Gasteiger partial charge in [-0.15, -0.1) is 10.2 Å². The average Bonchev–Trinajstić information content (AvgIpc) is 3.02. The van der Waals surface area contributed by atoms with Crippen LogP contribution in [0.2, 0.25) is 5.02 Å². The van der Waals surface area contributed by atoms with Gasteiger partial charge in [0.2, 0.25) is 8.27 Å². The lowest BCUT2D eigenvalue weighted by molar-refractivity contribution is 0.150. The van der Waals surface area contributed by atoms with Gasteiger partial charge < -0.3 is 4.40 Å². The summed E-state index contributed by atoms with van der Waals surface area (Å²) in [6.45, 7) is 0. The minimum atomic E-state index is -3.68. The van der Waals surface area contributed by atoms with E-state index >= 15 is 0 Å². The molecule has 0 fully saturated rings. The quantitative estimate of drug-likeness (QED) is 0.474. The van der Waals surface area contributed by atoms with Crippen molar-refractivity contribution in [1.29, 1.82) is 0 Å². The van der Waals surface area contributed by atoms with E-state index in [4.69, 9.17) is 11.6 Å². The Labute approximate surface area is 153 Å². The lowest BCUT2D eigenvalue weighted by Crippen LogP contribution is -1.96. The molecule has 3 aromatic heterocycles. The van der Waals surface area contributed by atoms with Gasteiger partial charge in [0, 0.05) is 10.7 Å². The molecule has 0 aromatic carbocycles. The van der Waals surface area contributed by atoms with Crippen LogP contribution in [0, 0.1) is 0 Å². The first kappa shape index (κ1) is 17.2. The van der Waals surface area contributed by atoms with Crippen molar-refractivity contribution in [2.75, 3.05) is 0 Å². The minimum Gasteiger partial charge on any atom is -0.310 e. The molecule has 0 aliphatic carbocycles. The van der Waals surface area contributed by atoms with E-state index in [9.17, 15) is 17.2 Å². The third-order valence-electron chi connectivity index (χ3n) is 2.87. The van der Waals surface area contributed by atoms with Gasteiger partial charge in [0.15, 0.2) is 10.0 Å². The number of pyridine rings is 1. The molecule has 122 valence electrons. The van der Waals surface area contributed by atoms with Crippen molar-refractivity contribution < 1.29 is 17.2 Å². The summed E-state index contributed by atoms with van der Waals surface area (Å²) < 4.78 is 50.8. The Morgan fingerprint density at radius 1 is 1.30 bits per heavy atom. The maximum absolute atomic E-state index is 12.7. The maximum atomic E-state index is 12.7. The van der Waals surface area contributed by atoms with Crippen LogP contribution in [-0.4, -0.2) is 23.0 Å². The van der Waals surface area contributed by atoms with Gasteiger partial charge in [0.1, 0.15) is 0 Å². The molecule has 0 saturated carbocycles. The molecule has 0 amide bonds. The summed E-state index contributed by atoms with van der Waals surface area (Å²) in [6.07, 6.45) is -1.40. The number of aromatic nitrogens is 3.